The van der Waals surface area contributed by atoms with Crippen molar-refractivity contribution in [1.29, 1.82) is 0 Å². The van der Waals surface area contributed by atoms with Crippen molar-refractivity contribution in [2.24, 2.45) is 56.7 Å². The van der Waals surface area contributed by atoms with Crippen LogP contribution in [0.3, 0.4) is 0 Å². The SMILES string of the molecule is C=C(C)[C@@H](O)[C@H]1C[C@@H](C)[C@H]2[C@H](O1)[C@H](O[Si](CC)(CC)CC)[C@@]1(C)[C@@H]3CC[C@H]4C(C)(C)[C@@H](C)CC[C@@]45C[C@@]35CC[C@]21C. The Morgan fingerprint density at radius 1 is 0.951 bits per heavy atom. The second-order valence-electron chi connectivity index (χ2n) is 17.6. The standard InChI is InChI=1S/C37H64O3Si/c1-12-41(13-2,14-3)40-32-31-29(24(6)21-26(39-31)30(38)23(4)5)34(10)19-20-37-22-36(37)18-17-25(7)33(8,9)27(36)15-16-28(37)35(32,34)11/h24-32,38H,4,12-22H2,1-3,5-11H3/t24-,25+,26-,27+,28+,29+,30-,31+,32+,34-,35-,36-,37+/m1/s1. The molecule has 234 valence electrons. The van der Waals surface area contributed by atoms with Crippen LogP contribution in [0.15, 0.2) is 12.2 Å². The number of hydrogen-bond acceptors (Lipinski definition) is 3. The molecule has 13 atom stereocenters. The molecule has 0 aromatic rings. The van der Waals surface area contributed by atoms with Crippen LogP contribution in [0.25, 0.3) is 0 Å². The van der Waals surface area contributed by atoms with Crippen LogP contribution in [0, 0.1) is 56.7 Å². The van der Waals surface area contributed by atoms with Crippen molar-refractivity contribution < 1.29 is 14.3 Å². The molecule has 2 spiro atoms. The van der Waals surface area contributed by atoms with Crippen LogP contribution >= 0.6 is 0 Å². The fraction of sp³-hybridized carbons (Fsp3) is 0.946. The second-order valence-corrected chi connectivity index (χ2v) is 22.3. The van der Waals surface area contributed by atoms with Crippen LogP contribution in [0.5, 0.6) is 0 Å². The summed E-state index contributed by atoms with van der Waals surface area (Å²) in [5.41, 5.74) is 2.67. The van der Waals surface area contributed by atoms with Crippen LogP contribution in [0.4, 0.5) is 0 Å². The van der Waals surface area contributed by atoms with Crippen LogP contribution in [-0.2, 0) is 9.16 Å². The smallest absolute Gasteiger partial charge is 0.192 e. The van der Waals surface area contributed by atoms with Gasteiger partial charge in [0.2, 0.25) is 0 Å². The number of rotatable bonds is 7. The van der Waals surface area contributed by atoms with Crippen molar-refractivity contribution in [3.63, 3.8) is 0 Å². The predicted molar refractivity (Wildman–Crippen MR) is 172 cm³/mol. The average molecular weight is 585 g/mol. The van der Waals surface area contributed by atoms with Gasteiger partial charge in [0, 0.05) is 5.41 Å². The molecule has 1 aliphatic heterocycles. The highest BCUT2D eigenvalue weighted by molar-refractivity contribution is 6.73. The molecule has 0 amide bonds. The molecular weight excluding hydrogens is 520 g/mol. The van der Waals surface area contributed by atoms with Gasteiger partial charge in [-0.05, 0) is 133 Å². The third-order valence-corrected chi connectivity index (χ3v) is 21.1. The molecule has 5 saturated carbocycles. The number of aliphatic hydroxyl groups is 1. The lowest BCUT2D eigenvalue weighted by atomic mass is 9.41. The Hall–Kier alpha value is -0.163. The van der Waals surface area contributed by atoms with E-state index in [4.69, 9.17) is 9.16 Å². The van der Waals surface area contributed by atoms with E-state index in [-0.39, 0.29) is 29.1 Å². The highest BCUT2D eigenvalue weighted by Crippen LogP contribution is 2.89. The summed E-state index contributed by atoms with van der Waals surface area (Å²) in [7, 11) is -1.90. The lowest BCUT2D eigenvalue weighted by Crippen LogP contribution is -2.60. The normalized spacial score (nSPS) is 52.4. The van der Waals surface area contributed by atoms with Gasteiger partial charge >= 0.3 is 0 Å². The molecule has 0 radical (unpaired) electrons. The summed E-state index contributed by atoms with van der Waals surface area (Å²) in [4.78, 5) is 0. The molecule has 6 fully saturated rings. The first-order valence-electron chi connectivity index (χ1n) is 17.8. The van der Waals surface area contributed by atoms with Crippen LogP contribution < -0.4 is 0 Å². The Morgan fingerprint density at radius 3 is 2.17 bits per heavy atom. The first-order chi connectivity index (χ1) is 19.1. The number of fused-ring (bicyclic) bond motifs is 4. The van der Waals surface area contributed by atoms with Gasteiger partial charge in [-0.2, -0.15) is 0 Å². The molecule has 1 heterocycles. The zero-order valence-electron chi connectivity index (χ0n) is 28.4. The summed E-state index contributed by atoms with van der Waals surface area (Å²) in [5.74, 6) is 3.45. The molecule has 3 nitrogen and oxygen atoms in total. The maximum absolute atomic E-state index is 11.2. The lowest BCUT2D eigenvalue weighted by molar-refractivity contribution is -0.172. The van der Waals surface area contributed by atoms with E-state index in [0.29, 0.717) is 28.1 Å². The first-order valence-corrected chi connectivity index (χ1v) is 20.3. The molecular formula is C37H64O3Si. The van der Waals surface area contributed by atoms with E-state index in [1.54, 1.807) is 0 Å². The molecule has 6 aliphatic rings. The van der Waals surface area contributed by atoms with Crippen LogP contribution in [-0.4, -0.2) is 37.8 Å². The third kappa shape index (κ3) is 3.72. The van der Waals surface area contributed by atoms with Gasteiger partial charge in [0.15, 0.2) is 8.32 Å². The second kappa shape index (κ2) is 9.67. The van der Waals surface area contributed by atoms with E-state index in [2.05, 4.69) is 68.9 Å². The Labute approximate surface area is 254 Å². The van der Waals surface area contributed by atoms with Gasteiger partial charge in [-0.15, -0.1) is 0 Å². The van der Waals surface area contributed by atoms with Gasteiger partial charge in [-0.3, -0.25) is 0 Å². The molecule has 0 aromatic carbocycles. The van der Waals surface area contributed by atoms with E-state index in [0.717, 1.165) is 29.7 Å². The maximum Gasteiger partial charge on any atom is 0.192 e. The number of hydrogen-bond donors (Lipinski definition) is 1. The monoisotopic (exact) mass is 584 g/mol. The highest BCUT2D eigenvalue weighted by Gasteiger charge is 2.84. The molecule has 1 saturated heterocycles. The molecule has 1 N–H and O–H groups in total. The molecule has 5 aliphatic carbocycles. The Bertz CT molecular complexity index is 1040. The van der Waals surface area contributed by atoms with Crippen molar-refractivity contribution >= 4 is 8.32 Å². The van der Waals surface area contributed by atoms with Crippen LogP contribution in [0.1, 0.15) is 121 Å². The Kier molecular flexibility index (Phi) is 7.27. The zero-order chi connectivity index (χ0) is 30.0. The third-order valence-electron chi connectivity index (χ3n) is 16.5. The molecule has 4 heteroatoms. The van der Waals surface area contributed by atoms with Crippen molar-refractivity contribution in [2.45, 2.75) is 163 Å². The van der Waals surface area contributed by atoms with E-state index in [9.17, 15) is 5.11 Å². The number of aliphatic hydroxyl groups excluding tert-OH is 1. The largest absolute Gasteiger partial charge is 0.411 e. The topological polar surface area (TPSA) is 38.7 Å². The van der Waals surface area contributed by atoms with Gasteiger partial charge in [0.05, 0.1) is 18.3 Å². The van der Waals surface area contributed by atoms with Crippen molar-refractivity contribution in [3.8, 4) is 0 Å². The fourth-order valence-corrected chi connectivity index (χ4v) is 16.4. The minimum atomic E-state index is -1.90. The quantitative estimate of drug-likeness (QED) is 0.239. The lowest BCUT2D eigenvalue weighted by Gasteiger charge is -2.64. The van der Waals surface area contributed by atoms with Crippen molar-refractivity contribution in [1.82, 2.24) is 0 Å². The summed E-state index contributed by atoms with van der Waals surface area (Å²) in [6.07, 6.45) is 10.3. The number of ether oxygens (including phenoxy) is 1. The summed E-state index contributed by atoms with van der Waals surface area (Å²) in [5, 5.41) is 11.2. The van der Waals surface area contributed by atoms with Crippen molar-refractivity contribution in [2.75, 3.05) is 0 Å². The van der Waals surface area contributed by atoms with Gasteiger partial charge in [-0.25, -0.2) is 0 Å². The molecule has 0 aromatic heterocycles. The highest BCUT2D eigenvalue weighted by atomic mass is 28.4. The fourth-order valence-electron chi connectivity index (χ4n) is 13.5. The molecule has 0 unspecified atom stereocenters. The molecule has 41 heavy (non-hydrogen) atoms. The minimum Gasteiger partial charge on any atom is -0.411 e. The van der Waals surface area contributed by atoms with E-state index < -0.39 is 14.4 Å². The minimum absolute atomic E-state index is 0.0784. The summed E-state index contributed by atoms with van der Waals surface area (Å²) >= 11 is 0. The summed E-state index contributed by atoms with van der Waals surface area (Å²) in [6, 6.07) is 3.55. The molecule has 6 rings (SSSR count). The van der Waals surface area contributed by atoms with Gasteiger partial charge in [-0.1, -0.05) is 68.9 Å². The maximum atomic E-state index is 11.2. The summed E-state index contributed by atoms with van der Waals surface area (Å²) < 4.78 is 15.0. The van der Waals surface area contributed by atoms with E-state index in [1.807, 2.05) is 6.92 Å². The van der Waals surface area contributed by atoms with E-state index >= 15 is 0 Å². The summed E-state index contributed by atoms with van der Waals surface area (Å²) in [6.45, 7) is 28.9. The van der Waals surface area contributed by atoms with Crippen molar-refractivity contribution in [3.05, 3.63) is 12.2 Å². The average Bonchev–Trinajstić information content (AvgIpc) is 3.56. The predicted octanol–water partition coefficient (Wildman–Crippen LogP) is 9.40. The van der Waals surface area contributed by atoms with Crippen LogP contribution in [0.2, 0.25) is 18.1 Å². The Morgan fingerprint density at radius 2 is 1.56 bits per heavy atom. The first kappa shape index (κ1) is 30.8. The van der Waals surface area contributed by atoms with Gasteiger partial charge < -0.3 is 14.3 Å². The van der Waals surface area contributed by atoms with Gasteiger partial charge in [0.1, 0.15) is 6.10 Å². The zero-order valence-corrected chi connectivity index (χ0v) is 29.4. The van der Waals surface area contributed by atoms with E-state index in [1.165, 1.54) is 63.1 Å². The Balaban J connectivity index is 1.46. The van der Waals surface area contributed by atoms with Gasteiger partial charge in [0.25, 0.3) is 0 Å². The molecule has 0 bridgehead atoms.